The highest BCUT2D eigenvalue weighted by Crippen LogP contribution is 2.24. The molecule has 1 aromatic rings. The molecule has 0 spiro atoms. The smallest absolute Gasteiger partial charge is 0.0473 e. The lowest BCUT2D eigenvalue weighted by molar-refractivity contribution is 0.123. The van der Waals surface area contributed by atoms with Crippen LogP contribution in [0.1, 0.15) is 31.4 Å². The van der Waals surface area contributed by atoms with Crippen LogP contribution in [0, 0.1) is 0 Å². The number of nitrogens with one attached hydrogen (secondary N) is 1. The topological polar surface area (TPSA) is 18.5 Å². The van der Waals surface area contributed by atoms with Crippen molar-refractivity contribution in [2.45, 2.75) is 31.8 Å². The average Bonchev–Trinajstić information content (AvgIpc) is 2.47. The van der Waals surface area contributed by atoms with Gasteiger partial charge in [0.25, 0.3) is 0 Å². The van der Waals surface area contributed by atoms with E-state index in [0.29, 0.717) is 12.1 Å². The van der Waals surface area contributed by atoms with Crippen molar-refractivity contribution in [1.29, 1.82) is 0 Å². The molecule has 0 aliphatic carbocycles. The largest absolute Gasteiger partial charge is 0.311 e. The predicted molar refractivity (Wildman–Crippen MR) is 86.0 cm³/mol. The molecule has 3 nitrogen and oxygen atoms in total. The van der Waals surface area contributed by atoms with E-state index in [9.17, 15) is 0 Å². The Kier molecular flexibility index (Phi) is 6.02. The highest BCUT2D eigenvalue weighted by atomic mass is 15.2. The van der Waals surface area contributed by atoms with Gasteiger partial charge in [-0.2, -0.15) is 0 Å². The fraction of sp³-hybridized carbons (Fsp3) is 0.647. The summed E-state index contributed by atoms with van der Waals surface area (Å²) >= 11 is 0. The fourth-order valence-corrected chi connectivity index (χ4v) is 3.00. The highest BCUT2D eigenvalue weighted by Gasteiger charge is 2.27. The zero-order valence-electron chi connectivity index (χ0n) is 13.2. The van der Waals surface area contributed by atoms with Crippen molar-refractivity contribution in [3.05, 3.63) is 35.9 Å². The van der Waals surface area contributed by atoms with Crippen molar-refractivity contribution in [2.24, 2.45) is 0 Å². The lowest BCUT2D eigenvalue weighted by atomic mass is 10.00. The Hall–Kier alpha value is -0.900. The molecule has 20 heavy (non-hydrogen) atoms. The molecule has 2 unspecified atom stereocenters. The summed E-state index contributed by atoms with van der Waals surface area (Å²) in [6, 6.07) is 12.1. The van der Waals surface area contributed by atoms with E-state index in [1.165, 1.54) is 38.0 Å². The van der Waals surface area contributed by atoms with Crippen molar-refractivity contribution >= 4 is 0 Å². The van der Waals surface area contributed by atoms with Gasteiger partial charge < -0.3 is 10.2 Å². The van der Waals surface area contributed by atoms with Crippen molar-refractivity contribution in [1.82, 2.24) is 15.1 Å². The van der Waals surface area contributed by atoms with Gasteiger partial charge in [0.2, 0.25) is 0 Å². The minimum Gasteiger partial charge on any atom is -0.311 e. The van der Waals surface area contributed by atoms with Crippen LogP contribution in [0.5, 0.6) is 0 Å². The van der Waals surface area contributed by atoms with Crippen LogP contribution in [0.3, 0.4) is 0 Å². The molecule has 3 heteroatoms. The molecule has 2 rings (SSSR count). The second-order valence-corrected chi connectivity index (χ2v) is 6.09. The summed E-state index contributed by atoms with van der Waals surface area (Å²) in [4.78, 5) is 4.94. The molecule has 112 valence electrons. The van der Waals surface area contributed by atoms with E-state index in [-0.39, 0.29) is 0 Å². The van der Waals surface area contributed by atoms with Crippen LogP contribution >= 0.6 is 0 Å². The summed E-state index contributed by atoms with van der Waals surface area (Å²) in [7, 11) is 4.31. The van der Waals surface area contributed by atoms with Crippen LogP contribution in [-0.4, -0.2) is 56.1 Å². The minimum atomic E-state index is 0.529. The van der Waals surface area contributed by atoms with Crippen molar-refractivity contribution in [3.8, 4) is 0 Å². The molecule has 0 amide bonds. The first-order valence-corrected chi connectivity index (χ1v) is 7.87. The minimum absolute atomic E-state index is 0.529. The Balaban J connectivity index is 2.00. The van der Waals surface area contributed by atoms with Crippen LogP contribution < -0.4 is 5.32 Å². The summed E-state index contributed by atoms with van der Waals surface area (Å²) < 4.78 is 0. The third-order valence-corrected chi connectivity index (χ3v) is 4.22. The molecule has 0 radical (unpaired) electrons. The zero-order chi connectivity index (χ0) is 14.4. The van der Waals surface area contributed by atoms with Gasteiger partial charge in [-0.3, -0.25) is 4.90 Å². The van der Waals surface area contributed by atoms with E-state index < -0.39 is 0 Å². The lowest BCUT2D eigenvalue weighted by Crippen LogP contribution is -2.52. The third-order valence-electron chi connectivity index (χ3n) is 4.22. The monoisotopic (exact) mass is 275 g/mol. The highest BCUT2D eigenvalue weighted by molar-refractivity contribution is 5.20. The van der Waals surface area contributed by atoms with Gasteiger partial charge in [0.1, 0.15) is 0 Å². The van der Waals surface area contributed by atoms with Crippen molar-refractivity contribution in [2.75, 3.05) is 40.3 Å². The molecule has 1 aliphatic rings. The Morgan fingerprint density at radius 3 is 2.65 bits per heavy atom. The van der Waals surface area contributed by atoms with Gasteiger partial charge in [0.05, 0.1) is 0 Å². The van der Waals surface area contributed by atoms with Crippen molar-refractivity contribution in [3.63, 3.8) is 0 Å². The average molecular weight is 275 g/mol. The number of piperazine rings is 1. The number of nitrogens with zero attached hydrogens (tertiary/aromatic N) is 2. The lowest BCUT2D eigenvalue weighted by Gasteiger charge is -2.40. The molecule has 1 heterocycles. The maximum atomic E-state index is 3.69. The van der Waals surface area contributed by atoms with Crippen LogP contribution in [-0.2, 0) is 0 Å². The van der Waals surface area contributed by atoms with E-state index in [0.717, 1.165) is 6.54 Å². The molecule has 0 saturated carbocycles. The molecule has 0 aromatic heterocycles. The fourth-order valence-electron chi connectivity index (χ4n) is 3.00. The van der Waals surface area contributed by atoms with Crippen LogP contribution in [0.2, 0.25) is 0 Å². The molecular weight excluding hydrogens is 246 g/mol. The molecule has 1 fully saturated rings. The molecule has 0 bridgehead atoms. The SMILES string of the molecule is CCC1CN(CCCN(C)C)C(c2ccccc2)CN1. The molecule has 2 atom stereocenters. The standard InChI is InChI=1S/C17H29N3/c1-4-16-14-20(12-8-11-19(2)3)17(13-18-16)15-9-6-5-7-10-15/h5-7,9-10,16-18H,4,8,11-14H2,1-3H3. The molecule has 1 aromatic carbocycles. The van der Waals surface area contributed by atoms with Gasteiger partial charge in [0, 0.05) is 31.7 Å². The summed E-state index contributed by atoms with van der Waals surface area (Å²) in [6.45, 7) is 6.88. The zero-order valence-corrected chi connectivity index (χ0v) is 13.2. The first kappa shape index (κ1) is 15.5. The van der Waals surface area contributed by atoms with Crippen LogP contribution in [0.4, 0.5) is 0 Å². The third kappa shape index (κ3) is 4.30. The number of hydrogen-bond acceptors (Lipinski definition) is 3. The van der Waals surface area contributed by atoms with Gasteiger partial charge in [-0.15, -0.1) is 0 Å². The van der Waals surface area contributed by atoms with E-state index >= 15 is 0 Å². The van der Waals surface area contributed by atoms with Gasteiger partial charge in [-0.1, -0.05) is 37.3 Å². The van der Waals surface area contributed by atoms with Crippen LogP contribution in [0.15, 0.2) is 30.3 Å². The normalized spacial score (nSPS) is 24.2. The van der Waals surface area contributed by atoms with Gasteiger partial charge in [-0.25, -0.2) is 0 Å². The van der Waals surface area contributed by atoms with Crippen LogP contribution in [0.25, 0.3) is 0 Å². The quantitative estimate of drug-likeness (QED) is 0.860. The first-order chi connectivity index (χ1) is 9.70. The summed E-state index contributed by atoms with van der Waals surface area (Å²) in [6.07, 6.45) is 2.46. The predicted octanol–water partition coefficient (Wildman–Crippen LogP) is 2.36. The first-order valence-electron chi connectivity index (χ1n) is 7.87. The van der Waals surface area contributed by atoms with Gasteiger partial charge in [-0.05, 0) is 39.0 Å². The summed E-state index contributed by atoms with van der Waals surface area (Å²) in [5.41, 5.74) is 1.44. The van der Waals surface area contributed by atoms with Gasteiger partial charge in [0.15, 0.2) is 0 Å². The summed E-state index contributed by atoms with van der Waals surface area (Å²) in [5.74, 6) is 0. The molecule has 1 aliphatic heterocycles. The molecular formula is C17H29N3. The second-order valence-electron chi connectivity index (χ2n) is 6.09. The van der Waals surface area contributed by atoms with E-state index in [2.05, 4.69) is 66.5 Å². The molecule has 1 saturated heterocycles. The maximum Gasteiger partial charge on any atom is 0.0473 e. The number of hydrogen-bond donors (Lipinski definition) is 1. The maximum absolute atomic E-state index is 3.69. The number of benzene rings is 1. The summed E-state index contributed by atoms with van der Waals surface area (Å²) in [5, 5.41) is 3.69. The number of rotatable bonds is 6. The Morgan fingerprint density at radius 1 is 1.25 bits per heavy atom. The Morgan fingerprint density at radius 2 is 2.00 bits per heavy atom. The Bertz CT molecular complexity index is 377. The second kappa shape index (κ2) is 7.77. The van der Waals surface area contributed by atoms with Crippen molar-refractivity contribution < 1.29 is 0 Å². The Labute approximate surface area is 124 Å². The van der Waals surface area contributed by atoms with E-state index in [1.807, 2.05) is 0 Å². The molecule has 1 N–H and O–H groups in total. The van der Waals surface area contributed by atoms with E-state index in [1.54, 1.807) is 0 Å². The van der Waals surface area contributed by atoms with E-state index in [4.69, 9.17) is 0 Å². The van der Waals surface area contributed by atoms with Gasteiger partial charge >= 0.3 is 0 Å².